The molecule has 1 amide bonds. The third-order valence-corrected chi connectivity index (χ3v) is 8.75. The molecule has 6 nitrogen and oxygen atoms in total. The van der Waals surface area contributed by atoms with Crippen LogP contribution in [0.4, 0.5) is 0 Å². The quantitative estimate of drug-likeness (QED) is 0.177. The van der Waals surface area contributed by atoms with Gasteiger partial charge in [0.2, 0.25) is 5.91 Å². The van der Waals surface area contributed by atoms with Gasteiger partial charge in [0.1, 0.15) is 7.11 Å². The fourth-order valence-electron chi connectivity index (χ4n) is 6.72. The predicted molar refractivity (Wildman–Crippen MR) is 165 cm³/mol. The van der Waals surface area contributed by atoms with Crippen LogP contribution in [0, 0.1) is 5.92 Å². The van der Waals surface area contributed by atoms with Gasteiger partial charge >= 0.3 is 0 Å². The molecule has 2 aromatic rings. The zero-order valence-corrected chi connectivity index (χ0v) is 24.7. The second-order valence-electron chi connectivity index (χ2n) is 10.6. The predicted octanol–water partition coefficient (Wildman–Crippen LogP) is 4.86. The van der Waals surface area contributed by atoms with E-state index in [1.54, 1.807) is 7.11 Å². The molecular formula is C30H44N4O2S2. The van der Waals surface area contributed by atoms with Gasteiger partial charge in [0.25, 0.3) is 0 Å². The van der Waals surface area contributed by atoms with E-state index in [0.717, 1.165) is 44.6 Å². The number of amides is 1. The molecule has 4 rings (SSSR count). The van der Waals surface area contributed by atoms with Crippen LogP contribution in [-0.2, 0) is 9.63 Å². The smallest absolute Gasteiger partial charge is 0.234 e. The molecule has 2 aliphatic heterocycles. The molecule has 2 heterocycles. The van der Waals surface area contributed by atoms with Gasteiger partial charge in [0.05, 0.1) is 12.3 Å². The number of piperidine rings is 1. The number of nitrogens with zero attached hydrogens (tertiary/aromatic N) is 3. The van der Waals surface area contributed by atoms with Crippen molar-refractivity contribution in [3.05, 3.63) is 48.0 Å². The fraction of sp³-hybridized carbons (Fsp3) is 0.600. The Bertz CT molecular complexity index is 1080. The molecule has 2 bridgehead atoms. The molecule has 0 aromatic heterocycles. The number of carbonyl (C=O) groups excluding carboxylic acids is 1. The topological polar surface area (TPSA) is 57.2 Å². The van der Waals surface area contributed by atoms with Gasteiger partial charge < -0.3 is 10.2 Å². The average Bonchev–Trinajstić information content (AvgIpc) is 3.21. The standard InChI is InChI=1S/C30H44N4O2S2/c1-3-27(32-36-2)30-26(24-10-9-22-7-4-5-8-23(22)19-24)20-25-11-12-28(30)34(25)15-6-14-33(16-18-38)21-29(35)31-13-17-37/h4-5,7-10,19,25-26,28,30,37-38H,3,6,11-18,20-21H2,1-2H3,(H,31,35)/b32-27+. The number of nitrogens with one attached hydrogen (secondary N) is 1. The lowest BCUT2D eigenvalue weighted by molar-refractivity contribution is -0.122. The zero-order valence-electron chi connectivity index (χ0n) is 22.9. The Kier molecular flexibility index (Phi) is 11.2. The summed E-state index contributed by atoms with van der Waals surface area (Å²) in [7, 11) is 1.67. The summed E-state index contributed by atoms with van der Waals surface area (Å²) in [4.78, 5) is 22.6. The van der Waals surface area contributed by atoms with Gasteiger partial charge in [0.15, 0.2) is 0 Å². The minimum Gasteiger partial charge on any atom is -0.399 e. The number of fused-ring (bicyclic) bond motifs is 3. The van der Waals surface area contributed by atoms with Crippen molar-refractivity contribution in [2.45, 2.75) is 57.0 Å². The van der Waals surface area contributed by atoms with Crippen LogP contribution in [0.2, 0.25) is 0 Å². The molecule has 0 spiro atoms. The van der Waals surface area contributed by atoms with E-state index in [0.29, 0.717) is 42.8 Å². The van der Waals surface area contributed by atoms with E-state index < -0.39 is 0 Å². The molecule has 2 aromatic carbocycles. The van der Waals surface area contributed by atoms with Crippen LogP contribution >= 0.6 is 25.3 Å². The molecule has 2 aliphatic rings. The SMILES string of the molecule is CC/C(=N\OC)C1C(c2ccc3ccccc3c2)CC2CCC1N2CCCN(CCS)CC(=O)NCCS. The van der Waals surface area contributed by atoms with E-state index in [2.05, 4.69) is 94.9 Å². The first kappa shape index (κ1) is 29.2. The maximum Gasteiger partial charge on any atom is 0.234 e. The van der Waals surface area contributed by atoms with Crippen LogP contribution in [-0.4, -0.2) is 84.8 Å². The molecule has 8 heteroatoms. The number of oxime groups is 1. The summed E-state index contributed by atoms with van der Waals surface area (Å²) in [5, 5.41) is 10.1. The summed E-state index contributed by atoms with van der Waals surface area (Å²) in [6, 6.07) is 16.7. The second-order valence-corrected chi connectivity index (χ2v) is 11.5. The summed E-state index contributed by atoms with van der Waals surface area (Å²) < 4.78 is 0. The number of benzene rings is 2. The van der Waals surface area contributed by atoms with Crippen LogP contribution in [0.5, 0.6) is 0 Å². The van der Waals surface area contributed by atoms with Crippen molar-refractivity contribution in [2.24, 2.45) is 11.1 Å². The first-order valence-corrected chi connectivity index (χ1v) is 15.4. The highest BCUT2D eigenvalue weighted by Crippen LogP contribution is 2.48. The van der Waals surface area contributed by atoms with E-state index in [-0.39, 0.29) is 5.91 Å². The Morgan fingerprint density at radius 1 is 1.13 bits per heavy atom. The Hall–Kier alpha value is -1.74. The molecule has 4 atom stereocenters. The van der Waals surface area contributed by atoms with Gasteiger partial charge in [-0.1, -0.05) is 54.5 Å². The van der Waals surface area contributed by atoms with Crippen molar-refractivity contribution >= 4 is 47.6 Å². The molecule has 2 fully saturated rings. The lowest BCUT2D eigenvalue weighted by atomic mass is 9.72. The number of hydrogen-bond acceptors (Lipinski definition) is 7. The highest BCUT2D eigenvalue weighted by atomic mass is 32.1. The largest absolute Gasteiger partial charge is 0.399 e. The van der Waals surface area contributed by atoms with Crippen LogP contribution in [0.1, 0.15) is 50.5 Å². The van der Waals surface area contributed by atoms with Gasteiger partial charge in [-0.25, -0.2) is 0 Å². The van der Waals surface area contributed by atoms with Gasteiger partial charge in [-0.3, -0.25) is 14.6 Å². The third-order valence-electron chi connectivity index (χ3n) is 8.33. The number of thiol groups is 2. The van der Waals surface area contributed by atoms with Crippen LogP contribution in [0.25, 0.3) is 10.8 Å². The van der Waals surface area contributed by atoms with Gasteiger partial charge in [-0.15, -0.1) is 0 Å². The van der Waals surface area contributed by atoms with Crippen LogP contribution in [0.15, 0.2) is 47.6 Å². The van der Waals surface area contributed by atoms with Gasteiger partial charge in [-0.05, 0) is 67.4 Å². The first-order valence-electron chi connectivity index (χ1n) is 14.1. The molecule has 0 radical (unpaired) electrons. The Morgan fingerprint density at radius 3 is 2.68 bits per heavy atom. The summed E-state index contributed by atoms with van der Waals surface area (Å²) in [6.45, 7) is 5.99. The second kappa shape index (κ2) is 14.6. The van der Waals surface area contributed by atoms with Crippen molar-refractivity contribution in [3.63, 3.8) is 0 Å². The van der Waals surface area contributed by atoms with E-state index in [1.807, 2.05) is 0 Å². The van der Waals surface area contributed by atoms with E-state index in [4.69, 9.17) is 4.84 Å². The minimum atomic E-state index is 0.0699. The lowest BCUT2D eigenvalue weighted by Gasteiger charge is -2.45. The molecule has 208 valence electrons. The monoisotopic (exact) mass is 556 g/mol. The number of rotatable bonds is 14. The number of carbonyl (C=O) groups is 1. The maximum absolute atomic E-state index is 12.3. The van der Waals surface area contributed by atoms with Crippen molar-refractivity contribution in [1.29, 1.82) is 0 Å². The fourth-order valence-corrected chi connectivity index (χ4v) is 7.11. The zero-order chi connectivity index (χ0) is 26.9. The van der Waals surface area contributed by atoms with Crippen molar-refractivity contribution < 1.29 is 9.63 Å². The summed E-state index contributed by atoms with van der Waals surface area (Å²) in [6.07, 6.45) is 5.52. The van der Waals surface area contributed by atoms with Gasteiger partial charge in [-0.2, -0.15) is 25.3 Å². The Labute approximate surface area is 239 Å². The average molecular weight is 557 g/mol. The van der Waals surface area contributed by atoms with Crippen molar-refractivity contribution in [2.75, 3.05) is 51.3 Å². The van der Waals surface area contributed by atoms with E-state index in [9.17, 15) is 4.79 Å². The minimum absolute atomic E-state index is 0.0699. The van der Waals surface area contributed by atoms with Crippen molar-refractivity contribution in [1.82, 2.24) is 15.1 Å². The molecule has 1 N–H and O–H groups in total. The molecule has 2 saturated heterocycles. The molecule has 0 saturated carbocycles. The summed E-state index contributed by atoms with van der Waals surface area (Å²) in [5.41, 5.74) is 2.60. The number of hydrogen-bond donors (Lipinski definition) is 3. The highest BCUT2D eigenvalue weighted by molar-refractivity contribution is 7.80. The van der Waals surface area contributed by atoms with E-state index >= 15 is 0 Å². The summed E-state index contributed by atoms with van der Waals surface area (Å²) in [5.74, 6) is 2.26. The lowest BCUT2D eigenvalue weighted by Crippen LogP contribution is -2.51. The van der Waals surface area contributed by atoms with Crippen LogP contribution < -0.4 is 5.32 Å². The molecular weight excluding hydrogens is 512 g/mol. The maximum atomic E-state index is 12.3. The Balaban J connectivity index is 1.49. The normalized spacial score (nSPS) is 23.8. The van der Waals surface area contributed by atoms with Gasteiger partial charge in [0, 0.05) is 42.6 Å². The summed E-state index contributed by atoms with van der Waals surface area (Å²) >= 11 is 8.62. The molecule has 38 heavy (non-hydrogen) atoms. The van der Waals surface area contributed by atoms with E-state index in [1.165, 1.54) is 34.9 Å². The first-order chi connectivity index (χ1) is 18.6. The third kappa shape index (κ3) is 7.06. The molecule has 4 unspecified atom stereocenters. The Morgan fingerprint density at radius 2 is 1.95 bits per heavy atom. The van der Waals surface area contributed by atoms with Crippen LogP contribution in [0.3, 0.4) is 0 Å². The molecule has 0 aliphatic carbocycles. The highest BCUT2D eigenvalue weighted by Gasteiger charge is 2.49. The van der Waals surface area contributed by atoms with Crippen molar-refractivity contribution in [3.8, 4) is 0 Å².